The number of rotatable bonds is 8. The molecule has 33 heavy (non-hydrogen) atoms. The molecular weight excluding hydrogens is 414 g/mol. The maximum absolute atomic E-state index is 13.4. The molecule has 0 unspecified atom stereocenters. The van der Waals surface area contributed by atoms with Crippen LogP contribution >= 0.6 is 0 Å². The van der Waals surface area contributed by atoms with E-state index in [1.54, 1.807) is 24.3 Å². The van der Waals surface area contributed by atoms with Gasteiger partial charge in [-0.15, -0.1) is 0 Å². The topological polar surface area (TPSA) is 93.4 Å². The standard InChI is InChI=1S/C26H30N5O2/c1-18(2)15-31-14-6-7-20(16-31)30-26-23(25(27)28-17-29-26)24(32)19-10-12-22(13-11-19)33-21-8-4-3-5-9-21/h3-5,8-13,17,20H,6-7,14-16H2,1-2H3,(H3,27,28,29,30)/t20-/m1/s1. The average Bonchev–Trinajstić information content (AvgIpc) is 2.80. The lowest BCUT2D eigenvalue weighted by Gasteiger charge is -2.34. The van der Waals surface area contributed by atoms with Crippen LogP contribution in [0.4, 0.5) is 11.6 Å². The fraction of sp³-hybridized carbons (Fsp3) is 0.308. The van der Waals surface area contributed by atoms with Crippen molar-refractivity contribution in [1.29, 1.82) is 0 Å². The number of hydrogen-bond donors (Lipinski definition) is 2. The first kappa shape index (κ1) is 22.7. The quantitative estimate of drug-likeness (QED) is 0.492. The zero-order valence-corrected chi connectivity index (χ0v) is 19.1. The highest BCUT2D eigenvalue weighted by molar-refractivity contribution is 6.14. The summed E-state index contributed by atoms with van der Waals surface area (Å²) in [7, 11) is 0. The number of para-hydroxylation sites is 1. The molecule has 0 saturated carbocycles. The summed E-state index contributed by atoms with van der Waals surface area (Å²) < 4.78 is 5.82. The summed E-state index contributed by atoms with van der Waals surface area (Å²) in [5.74, 6) is 3.22. The molecule has 0 spiro atoms. The number of carbonyl (C=O) groups excluding carboxylic acids is 1. The lowest BCUT2D eigenvalue weighted by atomic mass is 10.0. The monoisotopic (exact) mass is 444 g/mol. The molecule has 1 aliphatic rings. The largest absolute Gasteiger partial charge is 0.457 e. The van der Waals surface area contributed by atoms with E-state index in [0.717, 1.165) is 38.2 Å². The Morgan fingerprint density at radius 3 is 2.55 bits per heavy atom. The molecule has 1 fully saturated rings. The molecule has 1 saturated heterocycles. The molecular formula is C26H30N5O2. The number of hydrogen-bond acceptors (Lipinski definition) is 7. The van der Waals surface area contributed by atoms with Crippen LogP contribution in [0.5, 0.6) is 11.5 Å². The Morgan fingerprint density at radius 1 is 1.09 bits per heavy atom. The molecule has 3 N–H and O–H groups in total. The second-order valence-electron chi connectivity index (χ2n) is 8.68. The number of benzene rings is 2. The van der Waals surface area contributed by atoms with Crippen molar-refractivity contribution >= 4 is 17.4 Å². The highest BCUT2D eigenvalue weighted by atomic mass is 16.5. The van der Waals surface area contributed by atoms with Gasteiger partial charge in [0.2, 0.25) is 0 Å². The van der Waals surface area contributed by atoms with Crippen molar-refractivity contribution in [2.75, 3.05) is 30.7 Å². The van der Waals surface area contributed by atoms with Gasteiger partial charge in [-0.3, -0.25) is 4.79 Å². The van der Waals surface area contributed by atoms with Gasteiger partial charge in [0.05, 0.1) is 0 Å². The van der Waals surface area contributed by atoms with Crippen molar-refractivity contribution in [3.8, 4) is 11.5 Å². The minimum absolute atomic E-state index is 0.174. The minimum Gasteiger partial charge on any atom is -0.457 e. The number of nitrogen functional groups attached to an aromatic ring is 1. The Kier molecular flexibility index (Phi) is 7.19. The Balaban J connectivity index is 1.50. The molecule has 1 atom stereocenters. The summed E-state index contributed by atoms with van der Waals surface area (Å²) in [5, 5.41) is 3.46. The third-order valence-electron chi connectivity index (χ3n) is 5.59. The fourth-order valence-electron chi connectivity index (χ4n) is 4.13. The van der Waals surface area contributed by atoms with Crippen molar-refractivity contribution in [3.63, 3.8) is 0 Å². The molecule has 2 aromatic carbocycles. The van der Waals surface area contributed by atoms with E-state index in [9.17, 15) is 4.79 Å². The SMILES string of the molecule is C[C](C)CN1CCC[C@@H](Nc2ncnc(N)c2C(=O)c2ccc(Oc3ccccc3)cc2)C1. The van der Waals surface area contributed by atoms with E-state index in [1.807, 2.05) is 30.3 Å². The van der Waals surface area contributed by atoms with Crippen molar-refractivity contribution in [3.05, 3.63) is 78.0 Å². The predicted molar refractivity (Wildman–Crippen MR) is 131 cm³/mol. The number of anilines is 2. The van der Waals surface area contributed by atoms with Crippen LogP contribution in [0.15, 0.2) is 60.9 Å². The summed E-state index contributed by atoms with van der Waals surface area (Å²) in [6, 6.07) is 16.7. The van der Waals surface area contributed by atoms with Crippen LogP contribution in [-0.2, 0) is 0 Å². The first-order valence-electron chi connectivity index (χ1n) is 11.3. The van der Waals surface area contributed by atoms with Crippen LogP contribution in [0.2, 0.25) is 0 Å². The Hall–Kier alpha value is -3.45. The minimum atomic E-state index is -0.215. The highest BCUT2D eigenvalue weighted by Gasteiger charge is 2.25. The third kappa shape index (κ3) is 5.87. The molecule has 3 aromatic rings. The molecule has 1 aliphatic heterocycles. The average molecular weight is 445 g/mol. The van der Waals surface area contributed by atoms with Gasteiger partial charge in [-0.2, -0.15) is 0 Å². The van der Waals surface area contributed by atoms with Crippen molar-refractivity contribution < 1.29 is 9.53 Å². The number of likely N-dealkylation sites (tertiary alicyclic amines) is 1. The van der Waals surface area contributed by atoms with Crippen LogP contribution < -0.4 is 15.8 Å². The van der Waals surface area contributed by atoms with Gasteiger partial charge in [-0.05, 0) is 61.7 Å². The van der Waals surface area contributed by atoms with E-state index in [1.165, 1.54) is 12.2 Å². The van der Waals surface area contributed by atoms with E-state index in [-0.39, 0.29) is 17.6 Å². The highest BCUT2D eigenvalue weighted by Crippen LogP contribution is 2.26. The zero-order valence-electron chi connectivity index (χ0n) is 19.1. The first-order valence-corrected chi connectivity index (χ1v) is 11.3. The number of ether oxygens (including phenoxy) is 1. The number of piperidine rings is 1. The fourth-order valence-corrected chi connectivity index (χ4v) is 4.13. The number of nitrogens with two attached hydrogens (primary N) is 1. The van der Waals surface area contributed by atoms with Gasteiger partial charge in [0.25, 0.3) is 0 Å². The Labute approximate surface area is 195 Å². The molecule has 171 valence electrons. The maximum Gasteiger partial charge on any atom is 0.200 e. The molecule has 1 radical (unpaired) electrons. The van der Waals surface area contributed by atoms with Crippen molar-refractivity contribution in [2.24, 2.45) is 0 Å². The van der Waals surface area contributed by atoms with Gasteiger partial charge in [0.1, 0.15) is 35.0 Å². The number of aromatic nitrogens is 2. The van der Waals surface area contributed by atoms with Crippen LogP contribution in [0.25, 0.3) is 0 Å². The van der Waals surface area contributed by atoms with Crippen LogP contribution in [0.3, 0.4) is 0 Å². The van der Waals surface area contributed by atoms with E-state index >= 15 is 0 Å². The molecule has 0 amide bonds. The summed E-state index contributed by atoms with van der Waals surface area (Å²) in [5.41, 5.74) is 6.95. The smallest absolute Gasteiger partial charge is 0.200 e. The first-order chi connectivity index (χ1) is 16.0. The normalized spacial score (nSPS) is 16.5. The zero-order chi connectivity index (χ0) is 23.2. The molecule has 2 heterocycles. The molecule has 4 rings (SSSR count). The molecule has 0 aliphatic carbocycles. The molecule has 0 bridgehead atoms. The lowest BCUT2D eigenvalue weighted by molar-refractivity contribution is 0.103. The van der Waals surface area contributed by atoms with E-state index in [0.29, 0.717) is 22.7 Å². The summed E-state index contributed by atoms with van der Waals surface area (Å²) >= 11 is 0. The van der Waals surface area contributed by atoms with Gasteiger partial charge in [-0.1, -0.05) is 32.0 Å². The van der Waals surface area contributed by atoms with E-state index in [2.05, 4.69) is 34.0 Å². The van der Waals surface area contributed by atoms with Crippen molar-refractivity contribution in [2.45, 2.75) is 32.7 Å². The molecule has 7 heteroatoms. The van der Waals surface area contributed by atoms with E-state index in [4.69, 9.17) is 10.5 Å². The van der Waals surface area contributed by atoms with Gasteiger partial charge in [0.15, 0.2) is 5.78 Å². The second kappa shape index (κ2) is 10.4. The van der Waals surface area contributed by atoms with Crippen LogP contribution in [-0.4, -0.2) is 46.3 Å². The van der Waals surface area contributed by atoms with Gasteiger partial charge in [0, 0.05) is 24.7 Å². The number of nitrogens with zero attached hydrogens (tertiary/aromatic N) is 3. The van der Waals surface area contributed by atoms with Gasteiger partial charge < -0.3 is 20.7 Å². The lowest BCUT2D eigenvalue weighted by Crippen LogP contribution is -2.43. The Bertz CT molecular complexity index is 1070. The number of ketones is 1. The van der Waals surface area contributed by atoms with E-state index < -0.39 is 0 Å². The predicted octanol–water partition coefficient (Wildman–Crippen LogP) is 4.57. The number of carbonyl (C=O) groups is 1. The Morgan fingerprint density at radius 2 is 1.82 bits per heavy atom. The molecule has 7 nitrogen and oxygen atoms in total. The van der Waals surface area contributed by atoms with Gasteiger partial charge >= 0.3 is 0 Å². The summed E-state index contributed by atoms with van der Waals surface area (Å²) in [6.45, 7) is 7.25. The molecule has 1 aromatic heterocycles. The maximum atomic E-state index is 13.4. The van der Waals surface area contributed by atoms with Crippen LogP contribution in [0, 0.1) is 5.92 Å². The third-order valence-corrected chi connectivity index (χ3v) is 5.59. The van der Waals surface area contributed by atoms with Crippen molar-refractivity contribution in [1.82, 2.24) is 14.9 Å². The summed E-state index contributed by atoms with van der Waals surface area (Å²) in [6.07, 6.45) is 3.51. The van der Waals surface area contributed by atoms with Crippen LogP contribution in [0.1, 0.15) is 42.6 Å². The summed E-state index contributed by atoms with van der Waals surface area (Å²) in [4.78, 5) is 24.2. The number of nitrogens with one attached hydrogen (secondary N) is 1. The van der Waals surface area contributed by atoms with Gasteiger partial charge in [-0.25, -0.2) is 9.97 Å². The second-order valence-corrected chi connectivity index (χ2v) is 8.68.